The molecule has 1 fully saturated rings. The van der Waals surface area contributed by atoms with Gasteiger partial charge in [0.2, 0.25) is 5.91 Å². The SMILES string of the molecule is C=C(OC)C(CC[C@@H]1[C@H](C=CC)C[C@H](C(=O)OC(C)(C)C)N1C(=O)OC(C)(C)C)NC(C)=O. The first kappa shape index (κ1) is 28.5. The number of allylic oxidation sites excluding steroid dienone is 1. The molecule has 0 spiro atoms. The quantitative estimate of drug-likeness (QED) is 0.325. The van der Waals surface area contributed by atoms with E-state index in [9.17, 15) is 14.4 Å². The van der Waals surface area contributed by atoms with Crippen molar-refractivity contribution in [3.8, 4) is 0 Å². The van der Waals surface area contributed by atoms with Crippen LogP contribution < -0.4 is 5.32 Å². The monoisotopic (exact) mass is 466 g/mol. The summed E-state index contributed by atoms with van der Waals surface area (Å²) in [7, 11) is 1.50. The molecule has 0 aromatic carbocycles. The van der Waals surface area contributed by atoms with E-state index in [4.69, 9.17) is 14.2 Å². The lowest BCUT2D eigenvalue weighted by molar-refractivity contribution is -0.160. The molecule has 1 unspecified atom stereocenters. The van der Waals surface area contributed by atoms with Crippen molar-refractivity contribution in [3.63, 3.8) is 0 Å². The lowest BCUT2D eigenvalue weighted by Gasteiger charge is -2.34. The van der Waals surface area contributed by atoms with E-state index >= 15 is 0 Å². The number of carbonyl (C=O) groups excluding carboxylic acids is 3. The van der Waals surface area contributed by atoms with E-state index in [2.05, 4.69) is 11.9 Å². The van der Waals surface area contributed by atoms with E-state index in [0.29, 0.717) is 25.0 Å². The first-order valence-corrected chi connectivity index (χ1v) is 11.5. The van der Waals surface area contributed by atoms with Gasteiger partial charge in [-0.1, -0.05) is 18.7 Å². The van der Waals surface area contributed by atoms with E-state index in [-0.39, 0.29) is 17.9 Å². The third-order valence-corrected chi connectivity index (χ3v) is 5.18. The fourth-order valence-corrected chi connectivity index (χ4v) is 3.97. The van der Waals surface area contributed by atoms with Crippen molar-refractivity contribution < 1.29 is 28.6 Å². The number of rotatable bonds is 8. The predicted molar refractivity (Wildman–Crippen MR) is 127 cm³/mol. The van der Waals surface area contributed by atoms with E-state index < -0.39 is 35.3 Å². The summed E-state index contributed by atoms with van der Waals surface area (Å²) in [5.41, 5.74) is -1.40. The fraction of sp³-hybridized carbons (Fsp3) is 0.720. The molecule has 2 amide bonds. The minimum Gasteiger partial charge on any atom is -0.500 e. The minimum atomic E-state index is -0.768. The summed E-state index contributed by atoms with van der Waals surface area (Å²) < 4.78 is 16.6. The molecule has 33 heavy (non-hydrogen) atoms. The van der Waals surface area contributed by atoms with E-state index in [1.807, 2.05) is 19.1 Å². The van der Waals surface area contributed by atoms with Gasteiger partial charge < -0.3 is 19.5 Å². The number of hydrogen-bond donors (Lipinski definition) is 1. The summed E-state index contributed by atoms with van der Waals surface area (Å²) >= 11 is 0. The molecular formula is C25H42N2O6. The Bertz CT molecular complexity index is 747. The Balaban J connectivity index is 3.30. The topological polar surface area (TPSA) is 94.2 Å². The predicted octanol–water partition coefficient (Wildman–Crippen LogP) is 4.34. The number of methoxy groups -OCH3 is 1. The first-order chi connectivity index (χ1) is 15.1. The molecule has 1 rings (SSSR count). The lowest BCUT2D eigenvalue weighted by atomic mass is 9.93. The van der Waals surface area contributed by atoms with Crippen molar-refractivity contribution in [1.82, 2.24) is 10.2 Å². The van der Waals surface area contributed by atoms with Gasteiger partial charge in [0.15, 0.2) is 0 Å². The van der Waals surface area contributed by atoms with Crippen molar-refractivity contribution in [3.05, 3.63) is 24.5 Å². The second-order valence-electron chi connectivity index (χ2n) is 10.4. The Morgan fingerprint density at radius 2 is 1.70 bits per heavy atom. The summed E-state index contributed by atoms with van der Waals surface area (Å²) in [6.07, 6.45) is 4.77. The average Bonchev–Trinajstić information content (AvgIpc) is 3.00. The van der Waals surface area contributed by atoms with Gasteiger partial charge in [0, 0.05) is 13.0 Å². The van der Waals surface area contributed by atoms with Crippen molar-refractivity contribution >= 4 is 18.0 Å². The second kappa shape index (κ2) is 11.6. The van der Waals surface area contributed by atoms with Gasteiger partial charge in [0.25, 0.3) is 0 Å². The highest BCUT2D eigenvalue weighted by atomic mass is 16.6. The molecule has 8 heteroatoms. The number of nitrogens with one attached hydrogen (secondary N) is 1. The van der Waals surface area contributed by atoms with Crippen LogP contribution >= 0.6 is 0 Å². The molecular weight excluding hydrogens is 424 g/mol. The molecule has 4 atom stereocenters. The van der Waals surface area contributed by atoms with Gasteiger partial charge in [-0.05, 0) is 73.6 Å². The van der Waals surface area contributed by atoms with Crippen molar-refractivity contribution in [1.29, 1.82) is 0 Å². The third kappa shape index (κ3) is 9.10. The van der Waals surface area contributed by atoms with Crippen LogP contribution in [0, 0.1) is 5.92 Å². The van der Waals surface area contributed by atoms with Gasteiger partial charge in [0.05, 0.1) is 13.2 Å². The van der Waals surface area contributed by atoms with Gasteiger partial charge in [-0.3, -0.25) is 9.69 Å². The Hall–Kier alpha value is -2.51. The number of ether oxygens (including phenoxy) is 3. The average molecular weight is 467 g/mol. The molecule has 0 saturated carbocycles. The largest absolute Gasteiger partial charge is 0.500 e. The Morgan fingerprint density at radius 3 is 2.15 bits per heavy atom. The van der Waals surface area contributed by atoms with E-state index in [1.165, 1.54) is 18.9 Å². The van der Waals surface area contributed by atoms with Crippen LogP contribution in [0.3, 0.4) is 0 Å². The third-order valence-electron chi connectivity index (χ3n) is 5.18. The normalized spacial score (nSPS) is 22.1. The Morgan fingerprint density at radius 1 is 1.12 bits per heavy atom. The van der Waals surface area contributed by atoms with Crippen LogP contribution in [0.4, 0.5) is 4.79 Å². The number of carbonyl (C=O) groups is 3. The van der Waals surface area contributed by atoms with Crippen molar-refractivity contribution in [2.45, 2.75) is 104 Å². The summed E-state index contributed by atoms with van der Waals surface area (Å²) in [5.74, 6) is -0.303. The van der Waals surface area contributed by atoms with Crippen LogP contribution in [0.2, 0.25) is 0 Å². The molecule has 0 aromatic heterocycles. The molecule has 1 heterocycles. The van der Waals surface area contributed by atoms with E-state index in [0.717, 1.165) is 0 Å². The van der Waals surface area contributed by atoms with Gasteiger partial charge in [-0.15, -0.1) is 0 Å². The zero-order valence-corrected chi connectivity index (χ0v) is 21.7. The highest BCUT2D eigenvalue weighted by molar-refractivity contribution is 5.83. The molecule has 1 N–H and O–H groups in total. The van der Waals surface area contributed by atoms with Gasteiger partial charge >= 0.3 is 12.1 Å². The smallest absolute Gasteiger partial charge is 0.411 e. The Kier molecular flexibility index (Phi) is 10.00. The minimum absolute atomic E-state index is 0.0752. The molecule has 0 aliphatic carbocycles. The number of amides is 2. The molecule has 1 saturated heterocycles. The van der Waals surface area contributed by atoms with Gasteiger partial charge in [-0.2, -0.15) is 0 Å². The summed E-state index contributed by atoms with van der Waals surface area (Å²) in [4.78, 5) is 39.6. The summed E-state index contributed by atoms with van der Waals surface area (Å²) in [6.45, 7) is 18.0. The number of hydrogen-bond acceptors (Lipinski definition) is 6. The molecule has 1 aliphatic heterocycles. The zero-order valence-electron chi connectivity index (χ0n) is 21.7. The van der Waals surface area contributed by atoms with Crippen LogP contribution in [-0.4, -0.2) is 59.3 Å². The van der Waals surface area contributed by atoms with Crippen LogP contribution in [0.5, 0.6) is 0 Å². The second-order valence-corrected chi connectivity index (χ2v) is 10.4. The van der Waals surface area contributed by atoms with Gasteiger partial charge in [0.1, 0.15) is 23.0 Å². The van der Waals surface area contributed by atoms with Crippen LogP contribution in [0.15, 0.2) is 24.5 Å². The maximum Gasteiger partial charge on any atom is 0.411 e. The summed E-state index contributed by atoms with van der Waals surface area (Å²) in [5, 5.41) is 2.84. The number of esters is 1. The zero-order chi connectivity index (χ0) is 25.6. The number of nitrogens with zero attached hydrogens (tertiary/aromatic N) is 1. The number of likely N-dealkylation sites (tertiary alicyclic amines) is 1. The maximum absolute atomic E-state index is 13.3. The van der Waals surface area contributed by atoms with Crippen LogP contribution in [0.25, 0.3) is 0 Å². The molecule has 0 aromatic rings. The highest BCUT2D eigenvalue weighted by Gasteiger charge is 2.48. The lowest BCUT2D eigenvalue weighted by Crippen LogP contribution is -2.49. The first-order valence-electron chi connectivity index (χ1n) is 11.5. The molecule has 0 radical (unpaired) electrons. The van der Waals surface area contributed by atoms with Crippen LogP contribution in [0.1, 0.15) is 74.7 Å². The molecule has 0 bridgehead atoms. The summed E-state index contributed by atoms with van der Waals surface area (Å²) in [6, 6.07) is -1.51. The Labute approximate surface area is 198 Å². The molecule has 188 valence electrons. The molecule has 8 nitrogen and oxygen atoms in total. The van der Waals surface area contributed by atoms with Crippen molar-refractivity contribution in [2.75, 3.05) is 7.11 Å². The van der Waals surface area contributed by atoms with Crippen LogP contribution in [-0.2, 0) is 23.8 Å². The highest BCUT2D eigenvalue weighted by Crippen LogP contribution is 2.37. The van der Waals surface area contributed by atoms with E-state index in [1.54, 1.807) is 41.5 Å². The van der Waals surface area contributed by atoms with Crippen molar-refractivity contribution in [2.24, 2.45) is 5.92 Å². The fourth-order valence-electron chi connectivity index (χ4n) is 3.97. The standard InChI is InChI=1S/C25H42N2O6/c1-11-12-18-15-21(22(29)32-24(4,5)6)27(23(30)33-25(7,8)9)20(18)14-13-19(16(2)31-10)26-17(3)28/h11-12,18-21H,2,13-15H2,1,3-10H3,(H,26,28)/t18-,19?,20-,21-/m1/s1. The van der Waals surface area contributed by atoms with Gasteiger partial charge in [-0.25, -0.2) is 9.59 Å². The molecule has 1 aliphatic rings. The maximum atomic E-state index is 13.3.